The average molecular weight is 214 g/mol. The highest BCUT2D eigenvalue weighted by atomic mass is 17.1. The summed E-state index contributed by atoms with van der Waals surface area (Å²) < 4.78 is 0. The molecule has 0 aromatic carbocycles. The van der Waals surface area contributed by atoms with Gasteiger partial charge in [-0.1, -0.05) is 57.8 Å². The predicted molar refractivity (Wildman–Crippen MR) is 62.9 cm³/mol. The summed E-state index contributed by atoms with van der Waals surface area (Å²) in [5.74, 6) is 0. The molecule has 1 N–H and O–H groups in total. The van der Waals surface area contributed by atoms with Crippen LogP contribution in [0.25, 0.3) is 0 Å². The van der Waals surface area contributed by atoms with E-state index in [1.165, 1.54) is 57.8 Å². The Kier molecular flexibility index (Phi) is 6.26. The lowest BCUT2D eigenvalue weighted by Crippen LogP contribution is -2.27. The van der Waals surface area contributed by atoms with Crippen LogP contribution in [0.15, 0.2) is 0 Å². The largest absolute Gasteiger partial charge is 0.251 e. The lowest BCUT2D eigenvalue weighted by atomic mass is 9.90. The van der Waals surface area contributed by atoms with Gasteiger partial charge in [-0.3, -0.25) is 5.26 Å². The molecular formula is C13H26O2. The summed E-state index contributed by atoms with van der Waals surface area (Å²) in [6.07, 6.45) is 13.9. The summed E-state index contributed by atoms with van der Waals surface area (Å²) in [5, 5.41) is 8.96. The minimum atomic E-state index is -0.279. The molecule has 0 aromatic heterocycles. The Morgan fingerprint density at radius 2 is 1.07 bits per heavy atom. The lowest BCUT2D eigenvalue weighted by Gasteiger charge is -2.26. The molecule has 0 radical (unpaired) electrons. The molecule has 0 aromatic rings. The minimum Gasteiger partial charge on any atom is -0.251 e. The van der Waals surface area contributed by atoms with Gasteiger partial charge in [0.1, 0.15) is 5.60 Å². The molecule has 1 rings (SSSR count). The van der Waals surface area contributed by atoms with Crippen molar-refractivity contribution in [1.29, 1.82) is 0 Å². The van der Waals surface area contributed by atoms with E-state index in [2.05, 4.69) is 4.89 Å². The first kappa shape index (κ1) is 13.0. The first-order chi connectivity index (χ1) is 7.27. The fourth-order valence-corrected chi connectivity index (χ4v) is 2.45. The normalized spacial score (nSPS) is 25.2. The quantitative estimate of drug-likeness (QED) is 0.513. The maximum atomic E-state index is 8.96. The maximum absolute atomic E-state index is 8.96. The fraction of sp³-hybridized carbons (Fsp3) is 1.00. The van der Waals surface area contributed by atoms with Crippen LogP contribution in [-0.2, 0) is 4.89 Å². The van der Waals surface area contributed by atoms with E-state index in [-0.39, 0.29) is 5.60 Å². The Labute approximate surface area is 93.9 Å². The highest BCUT2D eigenvalue weighted by Crippen LogP contribution is 2.26. The summed E-state index contributed by atoms with van der Waals surface area (Å²) in [7, 11) is 0. The van der Waals surface area contributed by atoms with E-state index in [0.717, 1.165) is 12.8 Å². The Morgan fingerprint density at radius 3 is 1.40 bits per heavy atom. The average Bonchev–Trinajstić information content (AvgIpc) is 2.23. The van der Waals surface area contributed by atoms with Crippen LogP contribution in [-0.4, -0.2) is 10.9 Å². The van der Waals surface area contributed by atoms with E-state index in [4.69, 9.17) is 5.26 Å². The third-order valence-corrected chi connectivity index (χ3v) is 3.63. The smallest absolute Gasteiger partial charge is 0.100 e. The zero-order chi connectivity index (χ0) is 11.0. The van der Waals surface area contributed by atoms with Crippen molar-refractivity contribution >= 4 is 0 Å². The summed E-state index contributed by atoms with van der Waals surface area (Å²) in [5.41, 5.74) is -0.279. The second-order valence-corrected chi connectivity index (χ2v) is 5.22. The van der Waals surface area contributed by atoms with Crippen LogP contribution in [0.2, 0.25) is 0 Å². The summed E-state index contributed by atoms with van der Waals surface area (Å²) in [6, 6.07) is 0. The maximum Gasteiger partial charge on any atom is 0.100 e. The highest BCUT2D eigenvalue weighted by molar-refractivity contribution is 4.74. The molecular weight excluding hydrogens is 188 g/mol. The van der Waals surface area contributed by atoms with Gasteiger partial charge in [-0.15, -0.1) is 0 Å². The van der Waals surface area contributed by atoms with Crippen molar-refractivity contribution in [3.63, 3.8) is 0 Å². The molecule has 15 heavy (non-hydrogen) atoms. The number of hydrogen-bond donors (Lipinski definition) is 1. The molecule has 0 atom stereocenters. The molecule has 2 nitrogen and oxygen atoms in total. The SMILES string of the molecule is CC1(OO)CCCCCCCCCCC1. The molecule has 1 aliphatic carbocycles. The Bertz CT molecular complexity index is 145. The predicted octanol–water partition coefficient (Wildman–Crippen LogP) is 4.54. The van der Waals surface area contributed by atoms with Crippen molar-refractivity contribution in [1.82, 2.24) is 0 Å². The van der Waals surface area contributed by atoms with Gasteiger partial charge in [-0.25, -0.2) is 4.89 Å². The first-order valence-corrected chi connectivity index (χ1v) is 6.59. The van der Waals surface area contributed by atoms with Crippen molar-refractivity contribution in [3.05, 3.63) is 0 Å². The van der Waals surface area contributed by atoms with Crippen LogP contribution in [0.1, 0.15) is 77.6 Å². The molecule has 0 heterocycles. The van der Waals surface area contributed by atoms with E-state index in [0.29, 0.717) is 0 Å². The monoisotopic (exact) mass is 214 g/mol. The summed E-state index contributed by atoms with van der Waals surface area (Å²) >= 11 is 0. The van der Waals surface area contributed by atoms with Crippen molar-refractivity contribution in [2.75, 3.05) is 0 Å². The Morgan fingerprint density at radius 1 is 0.733 bits per heavy atom. The Balaban J connectivity index is 2.32. The molecule has 0 spiro atoms. The van der Waals surface area contributed by atoms with Crippen molar-refractivity contribution in [3.8, 4) is 0 Å². The van der Waals surface area contributed by atoms with Gasteiger partial charge in [0.2, 0.25) is 0 Å². The third-order valence-electron chi connectivity index (χ3n) is 3.63. The van der Waals surface area contributed by atoms with E-state index < -0.39 is 0 Å². The fourth-order valence-electron chi connectivity index (χ4n) is 2.45. The second kappa shape index (κ2) is 7.24. The molecule has 1 fully saturated rings. The van der Waals surface area contributed by atoms with Crippen LogP contribution < -0.4 is 0 Å². The van der Waals surface area contributed by atoms with E-state index in [9.17, 15) is 0 Å². The van der Waals surface area contributed by atoms with Crippen LogP contribution >= 0.6 is 0 Å². The van der Waals surface area contributed by atoms with Crippen LogP contribution in [0.3, 0.4) is 0 Å². The minimum absolute atomic E-state index is 0.279. The van der Waals surface area contributed by atoms with E-state index in [1.807, 2.05) is 6.92 Å². The first-order valence-electron chi connectivity index (χ1n) is 6.59. The van der Waals surface area contributed by atoms with Crippen LogP contribution in [0.4, 0.5) is 0 Å². The van der Waals surface area contributed by atoms with Gasteiger partial charge in [0, 0.05) is 0 Å². The molecule has 90 valence electrons. The summed E-state index contributed by atoms with van der Waals surface area (Å²) in [6.45, 7) is 2.04. The van der Waals surface area contributed by atoms with Crippen molar-refractivity contribution in [2.45, 2.75) is 83.2 Å². The van der Waals surface area contributed by atoms with Gasteiger partial charge in [0.15, 0.2) is 0 Å². The molecule has 1 aliphatic rings. The zero-order valence-corrected chi connectivity index (χ0v) is 10.1. The van der Waals surface area contributed by atoms with Crippen LogP contribution in [0.5, 0.6) is 0 Å². The van der Waals surface area contributed by atoms with Crippen molar-refractivity contribution < 1.29 is 10.1 Å². The Hall–Kier alpha value is -0.0800. The van der Waals surface area contributed by atoms with Gasteiger partial charge >= 0.3 is 0 Å². The molecule has 0 aliphatic heterocycles. The molecule has 2 heteroatoms. The highest BCUT2D eigenvalue weighted by Gasteiger charge is 2.24. The molecule has 0 bridgehead atoms. The van der Waals surface area contributed by atoms with E-state index >= 15 is 0 Å². The number of rotatable bonds is 1. The third kappa shape index (κ3) is 5.53. The molecule has 0 saturated heterocycles. The lowest BCUT2D eigenvalue weighted by molar-refractivity contribution is -0.322. The zero-order valence-electron chi connectivity index (χ0n) is 10.1. The molecule has 0 amide bonds. The van der Waals surface area contributed by atoms with Gasteiger partial charge in [0.25, 0.3) is 0 Å². The van der Waals surface area contributed by atoms with Gasteiger partial charge in [0.05, 0.1) is 0 Å². The standard InChI is InChI=1S/C13H26O2/c1-13(15-14)11-9-7-5-3-2-4-6-8-10-12-13/h14H,2-12H2,1H3. The van der Waals surface area contributed by atoms with Crippen LogP contribution in [0, 0.1) is 0 Å². The van der Waals surface area contributed by atoms with Gasteiger partial charge in [-0.05, 0) is 19.8 Å². The topological polar surface area (TPSA) is 29.5 Å². The number of hydrogen-bond acceptors (Lipinski definition) is 2. The van der Waals surface area contributed by atoms with E-state index in [1.54, 1.807) is 0 Å². The van der Waals surface area contributed by atoms with Gasteiger partial charge < -0.3 is 0 Å². The van der Waals surface area contributed by atoms with Gasteiger partial charge in [-0.2, -0.15) is 0 Å². The summed E-state index contributed by atoms with van der Waals surface area (Å²) in [4.78, 5) is 4.68. The molecule has 0 unspecified atom stereocenters. The second-order valence-electron chi connectivity index (χ2n) is 5.22. The molecule has 1 saturated carbocycles. The van der Waals surface area contributed by atoms with Crippen molar-refractivity contribution in [2.24, 2.45) is 0 Å².